The number of carboxylic acid groups (broad SMARTS) is 1. The highest BCUT2D eigenvalue weighted by atomic mass is 16.5. The Bertz CT molecular complexity index is 585. The van der Waals surface area contributed by atoms with Gasteiger partial charge in [0.1, 0.15) is 17.2 Å². The Hall–Kier alpha value is -2.37. The van der Waals surface area contributed by atoms with E-state index in [4.69, 9.17) is 14.4 Å². The Balaban J connectivity index is 2.62. The van der Waals surface area contributed by atoms with E-state index in [1.807, 2.05) is 0 Å². The molecule has 0 atom stereocenters. The van der Waals surface area contributed by atoms with E-state index in [1.54, 1.807) is 13.8 Å². The maximum Gasteiger partial charge on any atom is 0.337 e. The minimum atomic E-state index is -1.05. The topological polar surface area (TPSA) is 85.5 Å². The fraction of sp³-hybridized carbons (Fsp3) is 0.250. The number of pyridine rings is 1. The van der Waals surface area contributed by atoms with Crippen LogP contribution in [0.3, 0.4) is 0 Å². The maximum absolute atomic E-state index is 10.9. The number of carbonyl (C=O) groups is 1. The lowest BCUT2D eigenvalue weighted by molar-refractivity contribution is 0.0696. The largest absolute Gasteiger partial charge is 0.494 e. The fourth-order valence-electron chi connectivity index (χ4n) is 1.73. The van der Waals surface area contributed by atoms with Gasteiger partial charge in [-0.05, 0) is 19.9 Å². The van der Waals surface area contributed by atoms with Crippen LogP contribution in [-0.2, 0) is 0 Å². The molecular weight excluding hydrogens is 236 g/mol. The molecule has 0 spiro atoms. The van der Waals surface area contributed by atoms with Crippen molar-refractivity contribution in [2.75, 3.05) is 7.11 Å². The van der Waals surface area contributed by atoms with Crippen LogP contribution >= 0.6 is 0 Å². The molecule has 94 valence electrons. The molecular formula is C12H12N2O4. The highest BCUT2D eigenvalue weighted by Crippen LogP contribution is 2.32. The van der Waals surface area contributed by atoms with Crippen LogP contribution in [0, 0.1) is 13.8 Å². The van der Waals surface area contributed by atoms with E-state index in [1.165, 1.54) is 19.4 Å². The molecule has 6 nitrogen and oxygen atoms in total. The Kier molecular flexibility index (Phi) is 3.01. The van der Waals surface area contributed by atoms with Crippen LogP contribution < -0.4 is 4.74 Å². The van der Waals surface area contributed by atoms with E-state index in [2.05, 4.69) is 10.1 Å². The molecule has 2 aromatic rings. The second kappa shape index (κ2) is 4.48. The third kappa shape index (κ3) is 1.92. The van der Waals surface area contributed by atoms with E-state index in [0.29, 0.717) is 22.9 Å². The van der Waals surface area contributed by atoms with E-state index >= 15 is 0 Å². The molecule has 0 aliphatic rings. The van der Waals surface area contributed by atoms with Crippen molar-refractivity contribution in [2.24, 2.45) is 0 Å². The number of hydrogen-bond acceptors (Lipinski definition) is 5. The van der Waals surface area contributed by atoms with Crippen molar-refractivity contribution in [3.63, 3.8) is 0 Å². The molecule has 0 radical (unpaired) electrons. The summed E-state index contributed by atoms with van der Waals surface area (Å²) in [5, 5.41) is 12.7. The third-order valence-corrected chi connectivity index (χ3v) is 2.59. The first-order valence-corrected chi connectivity index (χ1v) is 5.25. The van der Waals surface area contributed by atoms with Crippen molar-refractivity contribution in [2.45, 2.75) is 13.8 Å². The minimum Gasteiger partial charge on any atom is -0.494 e. The summed E-state index contributed by atoms with van der Waals surface area (Å²) in [5.41, 5.74) is 2.01. The van der Waals surface area contributed by atoms with E-state index in [9.17, 15) is 4.79 Å². The Morgan fingerprint density at radius 2 is 2.17 bits per heavy atom. The number of aromatic carboxylic acids is 1. The summed E-state index contributed by atoms with van der Waals surface area (Å²) in [7, 11) is 1.46. The predicted octanol–water partition coefficient (Wildman–Crippen LogP) is 2.06. The van der Waals surface area contributed by atoms with Gasteiger partial charge in [0.05, 0.1) is 23.9 Å². The molecule has 2 rings (SSSR count). The SMILES string of the molecule is COc1cc(C(=O)O)cnc1-c1c(C)noc1C. The van der Waals surface area contributed by atoms with E-state index < -0.39 is 5.97 Å². The van der Waals surface area contributed by atoms with Crippen molar-refractivity contribution in [1.29, 1.82) is 0 Å². The Morgan fingerprint density at radius 3 is 2.67 bits per heavy atom. The summed E-state index contributed by atoms with van der Waals surface area (Å²) in [5.74, 6) is -0.0585. The summed E-state index contributed by atoms with van der Waals surface area (Å²) >= 11 is 0. The lowest BCUT2D eigenvalue weighted by atomic mass is 10.1. The molecule has 0 aliphatic carbocycles. The van der Waals surface area contributed by atoms with Gasteiger partial charge in [-0.2, -0.15) is 0 Å². The average molecular weight is 248 g/mol. The van der Waals surface area contributed by atoms with Crippen LogP contribution in [0.2, 0.25) is 0 Å². The molecule has 0 aromatic carbocycles. The zero-order chi connectivity index (χ0) is 13.3. The maximum atomic E-state index is 10.9. The Morgan fingerprint density at radius 1 is 1.44 bits per heavy atom. The van der Waals surface area contributed by atoms with Gasteiger partial charge in [0, 0.05) is 6.20 Å². The molecule has 0 saturated heterocycles. The highest BCUT2D eigenvalue weighted by molar-refractivity contribution is 5.88. The van der Waals surface area contributed by atoms with Crippen LogP contribution in [-0.4, -0.2) is 28.3 Å². The van der Waals surface area contributed by atoms with Gasteiger partial charge in [0.15, 0.2) is 0 Å². The smallest absolute Gasteiger partial charge is 0.337 e. The second-order valence-corrected chi connectivity index (χ2v) is 3.78. The van der Waals surface area contributed by atoms with Crippen LogP contribution in [0.5, 0.6) is 5.75 Å². The molecule has 18 heavy (non-hydrogen) atoms. The monoisotopic (exact) mass is 248 g/mol. The van der Waals surface area contributed by atoms with Crippen molar-refractivity contribution in [3.05, 3.63) is 29.3 Å². The first-order valence-electron chi connectivity index (χ1n) is 5.25. The summed E-state index contributed by atoms with van der Waals surface area (Å²) in [6.07, 6.45) is 1.28. The molecule has 0 amide bonds. The van der Waals surface area contributed by atoms with Crippen LogP contribution in [0.1, 0.15) is 21.8 Å². The van der Waals surface area contributed by atoms with Gasteiger partial charge < -0.3 is 14.4 Å². The van der Waals surface area contributed by atoms with Gasteiger partial charge in [-0.1, -0.05) is 5.16 Å². The molecule has 2 aromatic heterocycles. The van der Waals surface area contributed by atoms with Gasteiger partial charge in [0.25, 0.3) is 0 Å². The number of methoxy groups -OCH3 is 1. The van der Waals surface area contributed by atoms with Crippen molar-refractivity contribution < 1.29 is 19.2 Å². The first kappa shape index (κ1) is 12.1. The van der Waals surface area contributed by atoms with Crippen LogP contribution in [0.15, 0.2) is 16.8 Å². The second-order valence-electron chi connectivity index (χ2n) is 3.78. The van der Waals surface area contributed by atoms with Crippen molar-refractivity contribution >= 4 is 5.97 Å². The van der Waals surface area contributed by atoms with Gasteiger partial charge in [-0.3, -0.25) is 4.98 Å². The fourth-order valence-corrected chi connectivity index (χ4v) is 1.73. The number of carboxylic acids is 1. The summed E-state index contributed by atoms with van der Waals surface area (Å²) in [6.45, 7) is 3.56. The van der Waals surface area contributed by atoms with Gasteiger partial charge in [-0.15, -0.1) is 0 Å². The van der Waals surface area contributed by atoms with E-state index in [0.717, 1.165) is 5.56 Å². The first-order chi connectivity index (χ1) is 8.54. The highest BCUT2D eigenvalue weighted by Gasteiger charge is 2.18. The zero-order valence-corrected chi connectivity index (χ0v) is 10.2. The van der Waals surface area contributed by atoms with Crippen LogP contribution in [0.4, 0.5) is 0 Å². The van der Waals surface area contributed by atoms with E-state index in [-0.39, 0.29) is 5.56 Å². The number of aryl methyl sites for hydroxylation is 2. The summed E-state index contributed by atoms with van der Waals surface area (Å²) in [6, 6.07) is 1.43. The summed E-state index contributed by atoms with van der Waals surface area (Å²) < 4.78 is 10.2. The van der Waals surface area contributed by atoms with Crippen molar-refractivity contribution in [3.8, 4) is 17.0 Å². The zero-order valence-electron chi connectivity index (χ0n) is 10.2. The normalized spacial score (nSPS) is 10.4. The molecule has 0 fully saturated rings. The van der Waals surface area contributed by atoms with Gasteiger partial charge >= 0.3 is 5.97 Å². The number of hydrogen-bond donors (Lipinski definition) is 1. The number of nitrogens with zero attached hydrogens (tertiary/aromatic N) is 2. The minimum absolute atomic E-state index is 0.0716. The molecule has 0 saturated carbocycles. The molecule has 0 bridgehead atoms. The molecule has 0 aliphatic heterocycles. The summed E-state index contributed by atoms with van der Waals surface area (Å²) in [4.78, 5) is 15.0. The third-order valence-electron chi connectivity index (χ3n) is 2.59. The number of ether oxygens (including phenoxy) is 1. The lowest BCUT2D eigenvalue weighted by Gasteiger charge is -2.07. The van der Waals surface area contributed by atoms with Crippen molar-refractivity contribution in [1.82, 2.24) is 10.1 Å². The van der Waals surface area contributed by atoms with Crippen LogP contribution in [0.25, 0.3) is 11.3 Å². The Labute approximate surface area is 103 Å². The lowest BCUT2D eigenvalue weighted by Crippen LogP contribution is -2.00. The molecule has 6 heteroatoms. The average Bonchev–Trinajstić information content (AvgIpc) is 2.68. The number of rotatable bonds is 3. The predicted molar refractivity (Wildman–Crippen MR) is 62.7 cm³/mol. The van der Waals surface area contributed by atoms with Gasteiger partial charge in [0.2, 0.25) is 0 Å². The van der Waals surface area contributed by atoms with Gasteiger partial charge in [-0.25, -0.2) is 4.79 Å². The standard InChI is InChI=1S/C12H12N2O4/c1-6-10(7(2)18-14-6)11-9(17-3)4-8(5-13-11)12(15)16/h4-5H,1-3H3,(H,15,16). The molecule has 0 unspecified atom stereocenters. The molecule has 2 heterocycles. The number of aromatic nitrogens is 2. The quantitative estimate of drug-likeness (QED) is 0.894. The molecule has 1 N–H and O–H groups in total.